The summed E-state index contributed by atoms with van der Waals surface area (Å²) in [5, 5.41) is 1.83. The van der Waals surface area contributed by atoms with Gasteiger partial charge in [0.2, 0.25) is 0 Å². The van der Waals surface area contributed by atoms with Gasteiger partial charge in [-0.05, 0) is 42.9 Å². The van der Waals surface area contributed by atoms with Crippen molar-refractivity contribution in [2.45, 2.75) is 219 Å². The number of primary amides is 1. The number of hydrogen-bond donors (Lipinski definition) is 2. The van der Waals surface area contributed by atoms with Crippen molar-refractivity contribution in [3.63, 3.8) is 0 Å². The number of nitrogens with two attached hydrogens (primary N) is 1. The van der Waals surface area contributed by atoms with Gasteiger partial charge in [0.1, 0.15) is 5.24 Å². The van der Waals surface area contributed by atoms with Gasteiger partial charge in [-0.15, -0.1) is 0 Å². The molecule has 1 aromatic carbocycles. The Morgan fingerprint density at radius 2 is 0.796 bits per heavy atom. The fourth-order valence-corrected chi connectivity index (χ4v) is 6.86. The van der Waals surface area contributed by atoms with E-state index in [-0.39, 0.29) is 24.7 Å². The molecule has 0 radical (unpaired) electrons. The van der Waals surface area contributed by atoms with E-state index in [4.69, 9.17) is 17.4 Å². The Bertz CT molecular complexity index is 867. The van der Waals surface area contributed by atoms with Gasteiger partial charge in [-0.2, -0.15) is 0 Å². The Morgan fingerprint density at radius 1 is 0.510 bits per heavy atom. The van der Waals surface area contributed by atoms with Crippen LogP contribution in [0.15, 0.2) is 18.2 Å². The van der Waals surface area contributed by atoms with Crippen LogP contribution >= 0.6 is 0 Å². The van der Waals surface area contributed by atoms with Gasteiger partial charge in [0.15, 0.2) is 0 Å². The van der Waals surface area contributed by atoms with Gasteiger partial charge in [0, 0.05) is 5.69 Å². The standard InChI is InChI=1S/C41H75NOS.CH3NOS.Zn/c1-3-5-7-9-11-13-15-17-19-21-23-25-27-29-31-34-38-35-33-37-40(42-41(43)44)39(38)36-32-30-28-26-24-22-20-18-16-14-12-10-8-6-4-2;2-1(3)4;/h33,35,37H,3-32,34,36H2,1-2H3,(H2,42,43,44);(H3,2,3,4);/q;;+2/p-2. The molecule has 0 spiro atoms. The SMILES string of the molecule is CCCCCCCCCCCCCCCCCc1cccc(NC(=O)[S-])c1CCCCCCCCCCCCCCCCC.NC(=O)[S-].[Zn+2]. The number of benzene rings is 1. The van der Waals surface area contributed by atoms with E-state index in [9.17, 15) is 4.79 Å². The fourth-order valence-electron chi connectivity index (χ4n) is 6.75. The zero-order valence-corrected chi connectivity index (χ0v) is 36.9. The zero-order chi connectivity index (χ0) is 35.3. The summed E-state index contributed by atoms with van der Waals surface area (Å²) in [5.74, 6) is 0. The molecule has 0 aliphatic carbocycles. The summed E-state index contributed by atoms with van der Waals surface area (Å²) >= 11 is 8.63. The molecule has 0 atom stereocenters. The summed E-state index contributed by atoms with van der Waals surface area (Å²) in [7, 11) is 0. The van der Waals surface area contributed by atoms with Crippen molar-refractivity contribution in [2.24, 2.45) is 5.73 Å². The average molecular weight is 771 g/mol. The van der Waals surface area contributed by atoms with Crippen LogP contribution in [-0.4, -0.2) is 10.5 Å². The molecule has 0 aromatic heterocycles. The number of nitrogens with one attached hydrogen (secondary N) is 1. The second-order valence-electron chi connectivity index (χ2n) is 14.1. The van der Waals surface area contributed by atoms with Crippen LogP contribution in [0.1, 0.15) is 218 Å². The van der Waals surface area contributed by atoms with Gasteiger partial charge >= 0.3 is 19.5 Å². The number of carbonyl (C=O) groups excluding carboxylic acids is 2. The molecule has 0 saturated carbocycles. The first-order chi connectivity index (χ1) is 23.4. The molecule has 4 nitrogen and oxygen atoms in total. The van der Waals surface area contributed by atoms with Crippen LogP contribution in [0, 0.1) is 0 Å². The molecule has 7 heteroatoms. The molecule has 0 unspecified atom stereocenters. The van der Waals surface area contributed by atoms with Gasteiger partial charge in [0.05, 0.1) is 5.24 Å². The van der Waals surface area contributed by atoms with Crippen molar-refractivity contribution < 1.29 is 29.1 Å². The third-order valence-electron chi connectivity index (χ3n) is 9.59. The molecule has 1 aromatic rings. The van der Waals surface area contributed by atoms with Crippen LogP contribution in [0.25, 0.3) is 0 Å². The Balaban J connectivity index is 0. The summed E-state index contributed by atoms with van der Waals surface area (Å²) in [6.45, 7) is 4.59. The molecule has 0 aliphatic heterocycles. The van der Waals surface area contributed by atoms with E-state index in [1.165, 1.54) is 204 Å². The van der Waals surface area contributed by atoms with Crippen molar-refractivity contribution in [2.75, 3.05) is 5.32 Å². The van der Waals surface area contributed by atoms with Crippen LogP contribution in [0.2, 0.25) is 0 Å². The molecule has 3 N–H and O–H groups in total. The predicted octanol–water partition coefficient (Wildman–Crippen LogP) is 14.2. The minimum absolute atomic E-state index is 0. The van der Waals surface area contributed by atoms with Crippen molar-refractivity contribution in [1.29, 1.82) is 0 Å². The summed E-state index contributed by atoms with van der Waals surface area (Å²) < 4.78 is 0. The molecule has 1 rings (SSSR count). The number of carbonyl (C=O) groups is 2. The third kappa shape index (κ3) is 36.8. The Labute approximate surface area is 328 Å². The smallest absolute Gasteiger partial charge is 0.719 e. The van der Waals surface area contributed by atoms with Gasteiger partial charge < -0.3 is 45.9 Å². The number of rotatable bonds is 33. The van der Waals surface area contributed by atoms with Gasteiger partial charge in [-0.3, -0.25) is 0 Å². The van der Waals surface area contributed by atoms with E-state index >= 15 is 0 Å². The van der Waals surface area contributed by atoms with Crippen LogP contribution in [-0.2, 0) is 57.6 Å². The topological polar surface area (TPSA) is 72.2 Å². The second kappa shape index (κ2) is 40.0. The van der Waals surface area contributed by atoms with Gasteiger partial charge in [-0.25, -0.2) is 0 Å². The molecule has 0 bridgehead atoms. The maximum atomic E-state index is 11.7. The quantitative estimate of drug-likeness (QED) is 0.0424. The molecule has 0 saturated heterocycles. The normalized spacial score (nSPS) is 10.7. The van der Waals surface area contributed by atoms with Gasteiger partial charge in [0.25, 0.3) is 0 Å². The third-order valence-corrected chi connectivity index (χ3v) is 9.69. The van der Waals surface area contributed by atoms with E-state index in [0.717, 1.165) is 18.5 Å². The monoisotopic (exact) mass is 768 g/mol. The number of hydrogen-bond acceptors (Lipinski definition) is 4. The zero-order valence-electron chi connectivity index (χ0n) is 32.3. The van der Waals surface area contributed by atoms with Crippen LogP contribution in [0.3, 0.4) is 0 Å². The first kappa shape index (κ1) is 50.3. The average Bonchev–Trinajstić information content (AvgIpc) is 3.05. The van der Waals surface area contributed by atoms with Crippen LogP contribution < -0.4 is 11.1 Å². The summed E-state index contributed by atoms with van der Waals surface area (Å²) in [5.41, 5.74) is 8.00. The predicted molar refractivity (Wildman–Crippen MR) is 217 cm³/mol. The van der Waals surface area contributed by atoms with E-state index in [1.807, 2.05) is 6.07 Å². The second-order valence-corrected chi connectivity index (χ2v) is 14.8. The van der Waals surface area contributed by atoms with Crippen molar-refractivity contribution in [3.05, 3.63) is 29.3 Å². The Hall–Kier alpha value is -0.777. The molecular weight excluding hydrogens is 694 g/mol. The molecule has 2 amide bonds. The summed E-state index contributed by atoms with van der Waals surface area (Å²) in [4.78, 5) is 20.7. The molecule has 0 aliphatic rings. The van der Waals surface area contributed by atoms with E-state index < -0.39 is 5.24 Å². The maximum absolute atomic E-state index is 11.7. The van der Waals surface area contributed by atoms with Gasteiger partial charge in [-0.1, -0.05) is 206 Å². The van der Waals surface area contributed by atoms with Crippen molar-refractivity contribution >= 4 is 41.4 Å². The molecule has 49 heavy (non-hydrogen) atoms. The maximum Gasteiger partial charge on any atom is 2.00 e. The number of anilines is 1. The molecule has 0 fully saturated rings. The molecular formula is C42H76N2O2S2Zn. The molecule has 0 heterocycles. The Morgan fingerprint density at radius 3 is 1.10 bits per heavy atom. The molecule has 280 valence electrons. The van der Waals surface area contributed by atoms with Crippen molar-refractivity contribution in [1.82, 2.24) is 0 Å². The number of aryl methyl sites for hydroxylation is 1. The van der Waals surface area contributed by atoms with E-state index in [0.29, 0.717) is 0 Å². The largest absolute Gasteiger partial charge is 2.00 e. The van der Waals surface area contributed by atoms with Crippen LogP contribution in [0.4, 0.5) is 15.3 Å². The van der Waals surface area contributed by atoms with Crippen LogP contribution in [0.5, 0.6) is 0 Å². The minimum Gasteiger partial charge on any atom is -0.719 e. The van der Waals surface area contributed by atoms with Crippen molar-refractivity contribution in [3.8, 4) is 0 Å². The summed E-state index contributed by atoms with van der Waals surface area (Å²) in [6, 6.07) is 6.42. The number of amides is 2. The first-order valence-electron chi connectivity index (χ1n) is 20.5. The Kier molecular flexibility index (Phi) is 41.1. The minimum atomic E-state index is -0.750. The van der Waals surface area contributed by atoms with E-state index in [2.05, 4.69) is 49.7 Å². The number of unbranched alkanes of at least 4 members (excludes halogenated alkanes) is 28. The summed E-state index contributed by atoms with van der Waals surface area (Å²) in [6.07, 6.45) is 44.0. The first-order valence-corrected chi connectivity index (χ1v) is 21.3. The van der Waals surface area contributed by atoms with E-state index in [1.54, 1.807) is 0 Å². The fraction of sp³-hybridized carbons (Fsp3) is 0.810.